The van der Waals surface area contributed by atoms with E-state index in [0.29, 0.717) is 16.5 Å². The summed E-state index contributed by atoms with van der Waals surface area (Å²) < 4.78 is 0.805. The van der Waals surface area contributed by atoms with E-state index in [2.05, 4.69) is 22.9 Å². The van der Waals surface area contributed by atoms with Crippen molar-refractivity contribution in [1.82, 2.24) is 0 Å². The fourth-order valence-corrected chi connectivity index (χ4v) is 3.52. The van der Waals surface area contributed by atoms with Gasteiger partial charge in [-0.25, -0.2) is 0 Å². The normalized spacial score (nSPS) is 23.9. The molecule has 1 aromatic rings. The molecule has 1 fully saturated rings. The SMILES string of the molecule is CCC1CCCCC1C(=O)c1cccc(Br)c1Cl. The second kappa shape index (κ2) is 6.21. The molecule has 98 valence electrons. The van der Waals surface area contributed by atoms with Gasteiger partial charge in [-0.15, -0.1) is 0 Å². The van der Waals surface area contributed by atoms with E-state index in [9.17, 15) is 4.79 Å². The molecule has 0 amide bonds. The van der Waals surface area contributed by atoms with E-state index in [1.807, 2.05) is 18.2 Å². The van der Waals surface area contributed by atoms with E-state index in [4.69, 9.17) is 11.6 Å². The highest BCUT2D eigenvalue weighted by Gasteiger charge is 2.31. The molecule has 1 aliphatic carbocycles. The van der Waals surface area contributed by atoms with Crippen LogP contribution in [-0.4, -0.2) is 5.78 Å². The fourth-order valence-electron chi connectivity index (χ4n) is 2.94. The van der Waals surface area contributed by atoms with Gasteiger partial charge in [0.05, 0.1) is 5.02 Å². The number of hydrogen-bond donors (Lipinski definition) is 0. The number of halogens is 2. The molecular weight excluding hydrogens is 312 g/mol. The number of carbonyl (C=O) groups is 1. The van der Waals surface area contributed by atoms with Crippen molar-refractivity contribution in [2.45, 2.75) is 39.0 Å². The first kappa shape index (κ1) is 14.1. The van der Waals surface area contributed by atoms with Crippen LogP contribution < -0.4 is 0 Å². The molecule has 0 bridgehead atoms. The topological polar surface area (TPSA) is 17.1 Å². The van der Waals surface area contributed by atoms with Crippen LogP contribution in [0.4, 0.5) is 0 Å². The van der Waals surface area contributed by atoms with Crippen LogP contribution in [0.15, 0.2) is 22.7 Å². The van der Waals surface area contributed by atoms with Crippen LogP contribution in [0, 0.1) is 11.8 Å². The van der Waals surface area contributed by atoms with Crippen molar-refractivity contribution in [2.24, 2.45) is 11.8 Å². The average molecular weight is 330 g/mol. The fraction of sp³-hybridized carbons (Fsp3) is 0.533. The summed E-state index contributed by atoms with van der Waals surface area (Å²) in [5, 5.41) is 0.558. The Hall–Kier alpha value is -0.340. The zero-order valence-electron chi connectivity index (χ0n) is 10.6. The van der Waals surface area contributed by atoms with Crippen molar-refractivity contribution in [3.8, 4) is 0 Å². The van der Waals surface area contributed by atoms with E-state index in [1.165, 1.54) is 19.3 Å². The number of benzene rings is 1. The molecule has 0 radical (unpaired) electrons. The van der Waals surface area contributed by atoms with Gasteiger partial charge < -0.3 is 0 Å². The Balaban J connectivity index is 2.27. The average Bonchev–Trinajstić information content (AvgIpc) is 2.41. The summed E-state index contributed by atoms with van der Waals surface area (Å²) in [7, 11) is 0. The molecular formula is C15H18BrClO. The number of ketones is 1. The summed E-state index contributed by atoms with van der Waals surface area (Å²) in [4.78, 5) is 12.6. The minimum absolute atomic E-state index is 0.163. The van der Waals surface area contributed by atoms with Gasteiger partial charge in [-0.1, -0.05) is 43.9 Å². The number of hydrogen-bond acceptors (Lipinski definition) is 1. The van der Waals surface area contributed by atoms with Crippen molar-refractivity contribution < 1.29 is 4.79 Å². The van der Waals surface area contributed by atoms with Gasteiger partial charge in [0.1, 0.15) is 0 Å². The summed E-state index contributed by atoms with van der Waals surface area (Å²) in [5.41, 5.74) is 0.677. The minimum Gasteiger partial charge on any atom is -0.294 e. The lowest BCUT2D eigenvalue weighted by atomic mass is 9.74. The van der Waals surface area contributed by atoms with Crippen LogP contribution in [0.2, 0.25) is 5.02 Å². The van der Waals surface area contributed by atoms with Gasteiger partial charge in [-0.05, 0) is 46.8 Å². The third kappa shape index (κ3) is 2.80. The maximum Gasteiger partial charge on any atom is 0.167 e. The van der Waals surface area contributed by atoms with E-state index < -0.39 is 0 Å². The summed E-state index contributed by atoms with van der Waals surface area (Å²) in [6.45, 7) is 2.18. The van der Waals surface area contributed by atoms with Crippen LogP contribution in [0.5, 0.6) is 0 Å². The Bertz CT molecular complexity index is 444. The van der Waals surface area contributed by atoms with Crippen LogP contribution in [-0.2, 0) is 0 Å². The van der Waals surface area contributed by atoms with Gasteiger partial charge in [0, 0.05) is 16.0 Å². The zero-order chi connectivity index (χ0) is 13.1. The Labute approximate surface area is 122 Å². The van der Waals surface area contributed by atoms with Crippen molar-refractivity contribution in [3.05, 3.63) is 33.3 Å². The maximum absolute atomic E-state index is 12.6. The first-order valence-corrected chi connectivity index (χ1v) is 7.80. The van der Waals surface area contributed by atoms with Gasteiger partial charge in [0.25, 0.3) is 0 Å². The Morgan fingerprint density at radius 3 is 2.83 bits per heavy atom. The standard InChI is InChI=1S/C15H18BrClO/c1-2-10-6-3-4-7-11(10)15(18)12-8-5-9-13(16)14(12)17/h5,8-11H,2-4,6-7H2,1H3. The number of rotatable bonds is 3. The molecule has 18 heavy (non-hydrogen) atoms. The smallest absolute Gasteiger partial charge is 0.167 e. The van der Waals surface area contributed by atoms with Gasteiger partial charge in [0.15, 0.2) is 5.78 Å². The van der Waals surface area contributed by atoms with Gasteiger partial charge in [0.2, 0.25) is 0 Å². The Morgan fingerprint density at radius 1 is 1.39 bits per heavy atom. The second-order valence-electron chi connectivity index (χ2n) is 5.02. The highest BCUT2D eigenvalue weighted by atomic mass is 79.9. The quantitative estimate of drug-likeness (QED) is 0.669. The summed E-state index contributed by atoms with van der Waals surface area (Å²) in [5.74, 6) is 0.921. The van der Waals surface area contributed by atoms with Crippen molar-refractivity contribution in [1.29, 1.82) is 0 Å². The highest BCUT2D eigenvalue weighted by molar-refractivity contribution is 9.10. The lowest BCUT2D eigenvalue weighted by molar-refractivity contribution is 0.0820. The summed E-state index contributed by atoms with van der Waals surface area (Å²) >= 11 is 9.62. The first-order chi connectivity index (χ1) is 8.65. The predicted molar refractivity (Wildman–Crippen MR) is 79.2 cm³/mol. The predicted octanol–water partition coefficient (Wildman–Crippen LogP) is 5.50. The molecule has 2 unspecified atom stereocenters. The van der Waals surface area contributed by atoms with Crippen molar-refractivity contribution >= 4 is 33.3 Å². The third-order valence-corrected chi connectivity index (χ3v) is 5.28. The molecule has 0 aliphatic heterocycles. The largest absolute Gasteiger partial charge is 0.294 e. The lowest BCUT2D eigenvalue weighted by Crippen LogP contribution is -2.27. The van der Waals surface area contributed by atoms with E-state index in [-0.39, 0.29) is 11.7 Å². The first-order valence-electron chi connectivity index (χ1n) is 6.63. The molecule has 1 saturated carbocycles. The molecule has 0 aromatic heterocycles. The molecule has 2 atom stereocenters. The van der Waals surface area contributed by atoms with Crippen LogP contribution in [0.3, 0.4) is 0 Å². The van der Waals surface area contributed by atoms with Gasteiger partial charge in [-0.2, -0.15) is 0 Å². The molecule has 3 heteroatoms. The molecule has 0 spiro atoms. The third-order valence-electron chi connectivity index (χ3n) is 3.99. The number of carbonyl (C=O) groups excluding carboxylic acids is 1. The Morgan fingerprint density at radius 2 is 2.11 bits per heavy atom. The second-order valence-corrected chi connectivity index (χ2v) is 6.26. The molecule has 1 aromatic carbocycles. The molecule has 0 N–H and O–H groups in total. The molecule has 0 heterocycles. The van der Waals surface area contributed by atoms with Gasteiger partial charge >= 0.3 is 0 Å². The summed E-state index contributed by atoms with van der Waals surface area (Å²) in [6, 6.07) is 5.60. The van der Waals surface area contributed by atoms with Crippen molar-refractivity contribution in [2.75, 3.05) is 0 Å². The van der Waals surface area contributed by atoms with Crippen LogP contribution >= 0.6 is 27.5 Å². The number of Topliss-reactive ketones (excluding diaryl/α,β-unsaturated/α-hetero) is 1. The monoisotopic (exact) mass is 328 g/mol. The molecule has 2 rings (SSSR count). The maximum atomic E-state index is 12.6. The summed E-state index contributed by atoms with van der Waals surface area (Å²) in [6.07, 6.45) is 5.70. The Kier molecular flexibility index (Phi) is 4.85. The zero-order valence-corrected chi connectivity index (χ0v) is 12.9. The molecule has 1 aliphatic rings. The van der Waals surface area contributed by atoms with Crippen molar-refractivity contribution in [3.63, 3.8) is 0 Å². The highest BCUT2D eigenvalue weighted by Crippen LogP contribution is 2.37. The van der Waals surface area contributed by atoms with Gasteiger partial charge in [-0.3, -0.25) is 4.79 Å². The minimum atomic E-state index is 0.163. The molecule has 1 nitrogen and oxygen atoms in total. The molecule has 0 saturated heterocycles. The van der Waals surface area contributed by atoms with Crippen LogP contribution in [0.1, 0.15) is 49.4 Å². The van der Waals surface area contributed by atoms with E-state index in [0.717, 1.165) is 17.3 Å². The lowest BCUT2D eigenvalue weighted by Gasteiger charge is -2.30. The van der Waals surface area contributed by atoms with E-state index in [1.54, 1.807) is 0 Å². The van der Waals surface area contributed by atoms with E-state index >= 15 is 0 Å². The van der Waals surface area contributed by atoms with Crippen LogP contribution in [0.25, 0.3) is 0 Å².